The summed E-state index contributed by atoms with van der Waals surface area (Å²) in [5, 5.41) is 0. The molecule has 7 heteroatoms. The van der Waals surface area contributed by atoms with Crippen molar-refractivity contribution in [2.24, 2.45) is 0 Å². The summed E-state index contributed by atoms with van der Waals surface area (Å²) in [6, 6.07) is 2.26. The maximum Gasteiger partial charge on any atom is 0.231 e. The van der Waals surface area contributed by atoms with Gasteiger partial charge in [-0.3, -0.25) is 4.90 Å². The maximum absolute atomic E-state index is 5.96. The molecule has 3 heterocycles. The van der Waals surface area contributed by atoms with Crippen molar-refractivity contribution < 1.29 is 28.4 Å². The minimum absolute atomic E-state index is 0.194. The fourth-order valence-corrected chi connectivity index (χ4v) is 5.05. The summed E-state index contributed by atoms with van der Waals surface area (Å²) in [5.74, 6) is 4.39. The highest BCUT2D eigenvalue weighted by molar-refractivity contribution is 5.89. The van der Waals surface area contributed by atoms with Gasteiger partial charge in [0.2, 0.25) is 25.1 Å². The number of likely N-dealkylation sites (N-methyl/N-ethyl adjacent to an activating group) is 1. The summed E-state index contributed by atoms with van der Waals surface area (Å²) in [5.41, 5.74) is 5.75. The van der Waals surface area contributed by atoms with Crippen molar-refractivity contribution in [1.82, 2.24) is 4.90 Å². The lowest BCUT2D eigenvalue weighted by Gasteiger charge is -2.40. The van der Waals surface area contributed by atoms with Gasteiger partial charge in [-0.25, -0.2) is 0 Å². The van der Waals surface area contributed by atoms with Crippen LogP contribution in [0, 0.1) is 0 Å². The van der Waals surface area contributed by atoms with E-state index >= 15 is 0 Å². The van der Waals surface area contributed by atoms with E-state index in [2.05, 4.69) is 11.9 Å². The Morgan fingerprint density at radius 3 is 2.46 bits per heavy atom. The molecule has 0 amide bonds. The first-order valence-electron chi connectivity index (χ1n) is 9.45. The average molecular weight is 383 g/mol. The number of benzene rings is 2. The molecule has 6 rings (SSSR count). The van der Waals surface area contributed by atoms with Crippen molar-refractivity contribution in [3.8, 4) is 45.6 Å². The zero-order valence-electron chi connectivity index (χ0n) is 16.1. The van der Waals surface area contributed by atoms with Crippen molar-refractivity contribution in [3.05, 3.63) is 22.8 Å². The predicted molar refractivity (Wildman–Crippen MR) is 100 cm³/mol. The van der Waals surface area contributed by atoms with Gasteiger partial charge in [-0.15, -0.1) is 0 Å². The maximum atomic E-state index is 5.96. The van der Waals surface area contributed by atoms with Crippen molar-refractivity contribution in [1.29, 1.82) is 0 Å². The van der Waals surface area contributed by atoms with Gasteiger partial charge >= 0.3 is 0 Å². The van der Waals surface area contributed by atoms with Crippen LogP contribution in [-0.4, -0.2) is 46.3 Å². The minimum Gasteiger partial charge on any atom is -0.493 e. The Labute approximate surface area is 162 Å². The van der Waals surface area contributed by atoms with E-state index in [1.807, 2.05) is 6.07 Å². The molecule has 3 aliphatic heterocycles. The Bertz CT molecular complexity index is 1020. The Morgan fingerprint density at radius 1 is 0.929 bits per heavy atom. The van der Waals surface area contributed by atoms with Crippen LogP contribution in [0.4, 0.5) is 0 Å². The van der Waals surface area contributed by atoms with E-state index < -0.39 is 0 Å². The molecule has 0 saturated heterocycles. The second-order valence-corrected chi connectivity index (χ2v) is 7.49. The number of ether oxygens (including phenoxy) is 6. The van der Waals surface area contributed by atoms with Gasteiger partial charge in [0.1, 0.15) is 0 Å². The van der Waals surface area contributed by atoms with Crippen LogP contribution < -0.4 is 28.4 Å². The highest BCUT2D eigenvalue weighted by Gasteiger charge is 2.43. The molecule has 4 aliphatic rings. The van der Waals surface area contributed by atoms with Crippen molar-refractivity contribution in [2.45, 2.75) is 18.9 Å². The molecule has 0 aromatic heterocycles. The number of fused-ring (bicyclic) bond motifs is 6. The van der Waals surface area contributed by atoms with Crippen LogP contribution in [-0.2, 0) is 12.8 Å². The van der Waals surface area contributed by atoms with Gasteiger partial charge < -0.3 is 28.4 Å². The third kappa shape index (κ3) is 1.87. The first kappa shape index (κ1) is 16.2. The zero-order chi connectivity index (χ0) is 19.0. The van der Waals surface area contributed by atoms with Gasteiger partial charge in [0.25, 0.3) is 0 Å². The smallest absolute Gasteiger partial charge is 0.231 e. The highest BCUT2D eigenvalue weighted by atomic mass is 16.7. The zero-order valence-corrected chi connectivity index (χ0v) is 16.1. The van der Waals surface area contributed by atoms with E-state index in [4.69, 9.17) is 28.4 Å². The van der Waals surface area contributed by atoms with Crippen LogP contribution in [0.2, 0.25) is 0 Å². The van der Waals surface area contributed by atoms with Crippen molar-refractivity contribution >= 4 is 0 Å². The number of hydrogen-bond acceptors (Lipinski definition) is 7. The molecule has 7 nitrogen and oxygen atoms in total. The van der Waals surface area contributed by atoms with Gasteiger partial charge in [0, 0.05) is 29.3 Å². The summed E-state index contributed by atoms with van der Waals surface area (Å²) in [6.45, 7) is 1.36. The van der Waals surface area contributed by atoms with Crippen LogP contribution in [0.3, 0.4) is 0 Å². The molecule has 28 heavy (non-hydrogen) atoms. The minimum atomic E-state index is 0.194. The van der Waals surface area contributed by atoms with Crippen LogP contribution in [0.5, 0.6) is 34.5 Å². The van der Waals surface area contributed by atoms with Crippen molar-refractivity contribution in [2.75, 3.05) is 41.4 Å². The van der Waals surface area contributed by atoms with Crippen LogP contribution >= 0.6 is 0 Å². The summed E-state index contributed by atoms with van der Waals surface area (Å²) in [7, 11) is 5.52. The number of hydrogen-bond donors (Lipinski definition) is 0. The molecule has 1 atom stereocenters. The first-order valence-corrected chi connectivity index (χ1v) is 9.45. The van der Waals surface area contributed by atoms with E-state index in [0.717, 1.165) is 53.3 Å². The van der Waals surface area contributed by atoms with E-state index in [-0.39, 0.29) is 19.6 Å². The van der Waals surface area contributed by atoms with E-state index in [1.165, 1.54) is 11.1 Å². The molecule has 1 aliphatic carbocycles. The number of rotatable bonds is 2. The number of methoxy groups -OCH3 is 2. The molecule has 0 N–H and O–H groups in total. The lowest BCUT2D eigenvalue weighted by molar-refractivity contribution is 0.169. The van der Waals surface area contributed by atoms with Gasteiger partial charge in [0.15, 0.2) is 23.0 Å². The van der Waals surface area contributed by atoms with Crippen LogP contribution in [0.15, 0.2) is 6.07 Å². The fraction of sp³-hybridized carbons (Fsp3) is 0.429. The molecule has 2 aromatic carbocycles. The third-order valence-electron chi connectivity index (χ3n) is 6.30. The Morgan fingerprint density at radius 2 is 1.68 bits per heavy atom. The molecule has 0 bridgehead atoms. The molecular weight excluding hydrogens is 362 g/mol. The first-order chi connectivity index (χ1) is 13.7. The molecular formula is C21H21NO6. The monoisotopic (exact) mass is 383 g/mol. The molecule has 0 fully saturated rings. The lowest BCUT2D eigenvalue weighted by atomic mass is 9.75. The number of nitrogens with zero attached hydrogens (tertiary/aromatic N) is 1. The quantitative estimate of drug-likeness (QED) is 0.790. The Kier molecular flexibility index (Phi) is 3.24. The van der Waals surface area contributed by atoms with Gasteiger partial charge in [0.05, 0.1) is 14.2 Å². The lowest BCUT2D eigenvalue weighted by Crippen LogP contribution is -2.36. The Hall–Kier alpha value is -2.80. The van der Waals surface area contributed by atoms with Gasteiger partial charge in [-0.05, 0) is 37.1 Å². The standard InChI is InChI=1S/C21H21NO6/c1-22-5-4-10-15-13(22)6-12-11(7-14(23-2)19-18(12)25-8-26-19)16(15)20-21(17(10)24-3)28-9-27-20/h7,13H,4-6,8-9H2,1-3H3. The molecule has 2 aromatic rings. The van der Waals surface area contributed by atoms with E-state index in [1.54, 1.807) is 14.2 Å². The summed E-state index contributed by atoms with van der Waals surface area (Å²) in [4.78, 5) is 2.39. The summed E-state index contributed by atoms with van der Waals surface area (Å²) >= 11 is 0. The van der Waals surface area contributed by atoms with Crippen molar-refractivity contribution in [3.63, 3.8) is 0 Å². The van der Waals surface area contributed by atoms with Gasteiger partial charge in [-0.1, -0.05) is 0 Å². The SMILES string of the molecule is COc1cc2c(c3c1OCO3)CC1c3c(c(OC)c4c(c3-2)OCO4)CCN1C. The van der Waals surface area contributed by atoms with E-state index in [9.17, 15) is 0 Å². The summed E-state index contributed by atoms with van der Waals surface area (Å²) in [6.07, 6.45) is 1.75. The third-order valence-corrected chi connectivity index (χ3v) is 6.30. The second-order valence-electron chi connectivity index (χ2n) is 7.49. The van der Waals surface area contributed by atoms with E-state index in [0.29, 0.717) is 17.2 Å². The molecule has 146 valence electrons. The fourth-order valence-electron chi connectivity index (χ4n) is 5.05. The topological polar surface area (TPSA) is 58.6 Å². The van der Waals surface area contributed by atoms with Crippen LogP contribution in [0.1, 0.15) is 22.7 Å². The predicted octanol–water partition coefficient (Wildman–Crippen LogP) is 2.91. The average Bonchev–Trinajstić information content (AvgIpc) is 3.39. The highest BCUT2D eigenvalue weighted by Crippen LogP contribution is 2.61. The summed E-state index contributed by atoms with van der Waals surface area (Å²) < 4.78 is 34.8. The Balaban J connectivity index is 1.73. The van der Waals surface area contributed by atoms with Gasteiger partial charge in [-0.2, -0.15) is 0 Å². The molecule has 0 saturated carbocycles. The molecule has 0 radical (unpaired) electrons. The van der Waals surface area contributed by atoms with Crippen LogP contribution in [0.25, 0.3) is 11.1 Å². The largest absolute Gasteiger partial charge is 0.493 e. The second kappa shape index (κ2) is 5.61. The molecule has 0 spiro atoms. The normalized spacial score (nSPS) is 20.6. The molecule has 1 unspecified atom stereocenters.